The van der Waals surface area contributed by atoms with E-state index in [0.29, 0.717) is 12.2 Å². The van der Waals surface area contributed by atoms with Gasteiger partial charge in [-0.2, -0.15) is 0 Å². The minimum atomic E-state index is -0.358. The molecule has 2 aromatic rings. The molecule has 0 saturated heterocycles. The lowest BCUT2D eigenvalue weighted by atomic mass is 10.2. The zero-order valence-corrected chi connectivity index (χ0v) is 13.7. The first-order chi connectivity index (χ1) is 10.5. The number of benzene rings is 1. The van der Waals surface area contributed by atoms with Gasteiger partial charge in [-0.1, -0.05) is 12.1 Å². The van der Waals surface area contributed by atoms with Crippen LogP contribution < -0.4 is 10.6 Å². The van der Waals surface area contributed by atoms with Crippen LogP contribution in [0.15, 0.2) is 47.1 Å². The van der Waals surface area contributed by atoms with Gasteiger partial charge in [-0.05, 0) is 52.7 Å². The van der Waals surface area contributed by atoms with Crippen LogP contribution in [0.1, 0.15) is 17.7 Å². The predicted molar refractivity (Wildman–Crippen MR) is 88.2 cm³/mol. The third-order valence-corrected chi connectivity index (χ3v) is 3.57. The van der Waals surface area contributed by atoms with Crippen molar-refractivity contribution in [3.63, 3.8) is 0 Å². The molecule has 2 amide bonds. The molecule has 0 aliphatic heterocycles. The second kappa shape index (κ2) is 7.70. The van der Waals surface area contributed by atoms with E-state index in [-0.39, 0.29) is 18.2 Å². The largest absolute Gasteiger partial charge is 0.350 e. The number of hydrogen-bond donors (Lipinski definition) is 2. The van der Waals surface area contributed by atoms with Gasteiger partial charge in [0.05, 0.1) is 17.9 Å². The maximum absolute atomic E-state index is 11.9. The Balaban J connectivity index is 1.82. The quantitative estimate of drug-likeness (QED) is 0.804. The first kappa shape index (κ1) is 16.2. The van der Waals surface area contributed by atoms with Crippen LogP contribution in [0.3, 0.4) is 0 Å². The van der Waals surface area contributed by atoms with Gasteiger partial charge in [0, 0.05) is 10.7 Å². The number of anilines is 1. The van der Waals surface area contributed by atoms with Gasteiger partial charge < -0.3 is 10.6 Å². The van der Waals surface area contributed by atoms with Crippen molar-refractivity contribution in [1.29, 1.82) is 0 Å². The zero-order chi connectivity index (χ0) is 15.9. The molecular formula is C16H16BrN3O2. The van der Waals surface area contributed by atoms with Crippen LogP contribution in [-0.4, -0.2) is 16.8 Å². The average molecular weight is 362 g/mol. The highest BCUT2D eigenvalue weighted by Gasteiger charge is 2.11. The molecule has 0 atom stereocenters. The smallest absolute Gasteiger partial charge is 0.233 e. The molecule has 0 fully saturated rings. The Morgan fingerprint density at radius 2 is 2.00 bits per heavy atom. The highest BCUT2D eigenvalue weighted by Crippen LogP contribution is 2.23. The van der Waals surface area contributed by atoms with Gasteiger partial charge >= 0.3 is 0 Å². The molecule has 0 aliphatic carbocycles. The summed E-state index contributed by atoms with van der Waals surface area (Å²) in [7, 11) is 0. The van der Waals surface area contributed by atoms with Crippen LogP contribution in [0, 0.1) is 6.92 Å². The fourth-order valence-corrected chi connectivity index (χ4v) is 2.41. The molecule has 2 N–H and O–H groups in total. The number of pyridine rings is 1. The summed E-state index contributed by atoms with van der Waals surface area (Å²) < 4.78 is 0.787. The van der Waals surface area contributed by atoms with Gasteiger partial charge in [0.25, 0.3) is 0 Å². The zero-order valence-electron chi connectivity index (χ0n) is 12.1. The molecule has 6 heteroatoms. The maximum atomic E-state index is 11.9. The lowest BCUT2D eigenvalue weighted by Gasteiger charge is -2.08. The van der Waals surface area contributed by atoms with E-state index in [1.807, 2.05) is 31.2 Å². The molecule has 1 aromatic heterocycles. The summed E-state index contributed by atoms with van der Waals surface area (Å²) in [5.41, 5.74) is 2.48. The average Bonchev–Trinajstić information content (AvgIpc) is 2.49. The van der Waals surface area contributed by atoms with E-state index < -0.39 is 0 Å². The molecule has 0 unspecified atom stereocenters. The fourth-order valence-electron chi connectivity index (χ4n) is 1.82. The molecule has 2 rings (SSSR count). The van der Waals surface area contributed by atoms with Crippen LogP contribution in [0.25, 0.3) is 0 Å². The summed E-state index contributed by atoms with van der Waals surface area (Å²) in [4.78, 5) is 27.7. The van der Waals surface area contributed by atoms with Crippen molar-refractivity contribution in [2.24, 2.45) is 0 Å². The van der Waals surface area contributed by atoms with Crippen LogP contribution in [0.5, 0.6) is 0 Å². The molecule has 1 heterocycles. The Labute approximate surface area is 137 Å². The number of aryl methyl sites for hydroxylation is 1. The molecule has 0 radical (unpaired) electrons. The molecule has 22 heavy (non-hydrogen) atoms. The predicted octanol–water partition coefficient (Wildman–Crippen LogP) is 2.80. The van der Waals surface area contributed by atoms with E-state index in [2.05, 4.69) is 31.5 Å². The molecule has 0 saturated carbocycles. The molecule has 1 aromatic carbocycles. The Morgan fingerprint density at radius 3 is 2.68 bits per heavy atom. The van der Waals surface area contributed by atoms with Gasteiger partial charge in [0.1, 0.15) is 6.42 Å². The van der Waals surface area contributed by atoms with E-state index in [1.54, 1.807) is 18.3 Å². The van der Waals surface area contributed by atoms with Crippen molar-refractivity contribution >= 4 is 33.4 Å². The number of rotatable bonds is 5. The summed E-state index contributed by atoms with van der Waals surface area (Å²) in [6.07, 6.45) is 1.43. The van der Waals surface area contributed by atoms with Crippen molar-refractivity contribution in [3.8, 4) is 0 Å². The summed E-state index contributed by atoms with van der Waals surface area (Å²) >= 11 is 3.38. The van der Waals surface area contributed by atoms with Crippen molar-refractivity contribution in [2.45, 2.75) is 19.9 Å². The number of amides is 2. The summed E-state index contributed by atoms with van der Waals surface area (Å²) in [6.45, 7) is 2.27. The van der Waals surface area contributed by atoms with Gasteiger partial charge in [0.2, 0.25) is 11.8 Å². The van der Waals surface area contributed by atoms with E-state index >= 15 is 0 Å². The molecule has 114 valence electrons. The Morgan fingerprint density at radius 1 is 1.18 bits per heavy atom. The molecule has 0 bridgehead atoms. The number of carbonyl (C=O) groups is 2. The first-order valence-corrected chi connectivity index (χ1v) is 7.56. The van der Waals surface area contributed by atoms with E-state index in [9.17, 15) is 9.59 Å². The summed E-state index contributed by atoms with van der Waals surface area (Å²) in [5, 5.41) is 5.37. The van der Waals surface area contributed by atoms with Crippen molar-refractivity contribution < 1.29 is 9.59 Å². The first-order valence-electron chi connectivity index (χ1n) is 6.77. The SMILES string of the molecule is Cc1ccc(NC(=O)CC(=O)NCc2ccccn2)c(Br)c1. The number of halogens is 1. The highest BCUT2D eigenvalue weighted by molar-refractivity contribution is 9.10. The topological polar surface area (TPSA) is 71.1 Å². The number of carbonyl (C=O) groups excluding carboxylic acids is 2. The van der Waals surface area contributed by atoms with E-state index in [0.717, 1.165) is 15.7 Å². The van der Waals surface area contributed by atoms with Crippen LogP contribution in [0.2, 0.25) is 0 Å². The minimum absolute atomic E-state index is 0.229. The number of nitrogens with zero attached hydrogens (tertiary/aromatic N) is 1. The summed E-state index contributed by atoms with van der Waals surface area (Å²) in [6, 6.07) is 11.0. The van der Waals surface area contributed by atoms with Crippen LogP contribution in [-0.2, 0) is 16.1 Å². The summed E-state index contributed by atoms with van der Waals surface area (Å²) in [5.74, 6) is -0.700. The minimum Gasteiger partial charge on any atom is -0.350 e. The number of nitrogens with one attached hydrogen (secondary N) is 2. The highest BCUT2D eigenvalue weighted by atomic mass is 79.9. The van der Waals surface area contributed by atoms with Gasteiger partial charge in [-0.25, -0.2) is 0 Å². The third kappa shape index (κ3) is 4.96. The Kier molecular flexibility index (Phi) is 5.66. The lowest BCUT2D eigenvalue weighted by Crippen LogP contribution is -2.28. The van der Waals surface area contributed by atoms with Crippen LogP contribution in [0.4, 0.5) is 5.69 Å². The maximum Gasteiger partial charge on any atom is 0.233 e. The standard InChI is InChI=1S/C16H16BrN3O2/c1-11-5-6-14(13(17)8-11)20-16(22)9-15(21)19-10-12-4-2-3-7-18-12/h2-8H,9-10H2,1H3,(H,19,21)(H,20,22). The molecular weight excluding hydrogens is 346 g/mol. The van der Waals surface area contributed by atoms with Crippen molar-refractivity contribution in [1.82, 2.24) is 10.3 Å². The molecule has 0 spiro atoms. The van der Waals surface area contributed by atoms with Gasteiger partial charge in [-0.15, -0.1) is 0 Å². The second-order valence-corrected chi connectivity index (χ2v) is 5.66. The normalized spacial score (nSPS) is 10.1. The Hall–Kier alpha value is -2.21. The number of hydrogen-bond acceptors (Lipinski definition) is 3. The van der Waals surface area contributed by atoms with Crippen molar-refractivity contribution in [2.75, 3.05) is 5.32 Å². The van der Waals surface area contributed by atoms with Gasteiger partial charge in [-0.3, -0.25) is 14.6 Å². The molecule has 5 nitrogen and oxygen atoms in total. The number of aromatic nitrogens is 1. The second-order valence-electron chi connectivity index (χ2n) is 4.81. The fraction of sp³-hybridized carbons (Fsp3) is 0.188. The van der Waals surface area contributed by atoms with Crippen LogP contribution >= 0.6 is 15.9 Å². The molecule has 0 aliphatic rings. The van der Waals surface area contributed by atoms with Crippen molar-refractivity contribution in [3.05, 3.63) is 58.3 Å². The monoisotopic (exact) mass is 361 g/mol. The van der Waals surface area contributed by atoms with Gasteiger partial charge in [0.15, 0.2) is 0 Å². The van der Waals surface area contributed by atoms with E-state index in [1.165, 1.54) is 0 Å². The Bertz CT molecular complexity index is 674. The lowest BCUT2D eigenvalue weighted by molar-refractivity contribution is -0.126. The third-order valence-electron chi connectivity index (χ3n) is 2.91. The van der Waals surface area contributed by atoms with E-state index in [4.69, 9.17) is 0 Å².